The van der Waals surface area contributed by atoms with Crippen LogP contribution in [0.3, 0.4) is 0 Å². The lowest BCUT2D eigenvalue weighted by Gasteiger charge is -2.10. The van der Waals surface area contributed by atoms with Crippen molar-refractivity contribution in [1.29, 1.82) is 0 Å². The van der Waals surface area contributed by atoms with Gasteiger partial charge in [0.25, 0.3) is 5.91 Å². The smallest absolute Gasteiger partial charge is 0.277 e. The first-order valence-corrected chi connectivity index (χ1v) is 6.08. The Bertz CT molecular complexity index is 574. The largest absolute Gasteiger partial charge is 0.397 e. The van der Waals surface area contributed by atoms with Gasteiger partial charge >= 0.3 is 0 Å². The molecule has 3 N–H and O–H groups in total. The summed E-state index contributed by atoms with van der Waals surface area (Å²) >= 11 is 1.44. The van der Waals surface area contributed by atoms with Crippen molar-refractivity contribution < 1.29 is 4.79 Å². The fourth-order valence-corrected chi connectivity index (χ4v) is 2.78. The number of hydrogen-bond acceptors (Lipinski definition) is 4. The number of aryl methyl sites for hydroxylation is 1. The molecule has 1 aromatic carbocycles. The molecule has 0 aliphatic carbocycles. The molecular weight excluding hydrogens is 234 g/mol. The third-order valence-electron chi connectivity index (χ3n) is 2.48. The molecule has 0 aliphatic heterocycles. The lowest BCUT2D eigenvalue weighted by Crippen LogP contribution is -2.35. The second kappa shape index (κ2) is 4.35. The average molecular weight is 249 g/mol. The van der Waals surface area contributed by atoms with E-state index in [1.165, 1.54) is 11.3 Å². The predicted molar refractivity (Wildman–Crippen MR) is 72.1 cm³/mol. The second-order valence-corrected chi connectivity index (χ2v) is 5.15. The van der Waals surface area contributed by atoms with Crippen LogP contribution in [0.1, 0.15) is 15.2 Å². The Morgan fingerprint density at radius 2 is 2.12 bits per heavy atom. The zero-order valence-corrected chi connectivity index (χ0v) is 10.9. The van der Waals surface area contributed by atoms with Gasteiger partial charge in [-0.05, 0) is 12.5 Å². The Morgan fingerprint density at radius 3 is 2.71 bits per heavy atom. The quantitative estimate of drug-likeness (QED) is 0.800. The zero-order valence-electron chi connectivity index (χ0n) is 10.1. The van der Waals surface area contributed by atoms with Gasteiger partial charge in [0.1, 0.15) is 4.88 Å². The Labute approximate surface area is 104 Å². The predicted octanol–water partition coefficient (Wildman–Crippen LogP) is 2.00. The highest BCUT2D eigenvalue weighted by atomic mass is 32.1. The molecule has 90 valence electrons. The standard InChI is InChI=1S/C12H15N3OS/c1-7-5-4-6-8-9(13)11(17-10(7)8)12(16)14-15(2)3/h4-6H,13H2,1-3H3,(H,14,16). The summed E-state index contributed by atoms with van der Waals surface area (Å²) in [5.74, 6) is -0.159. The van der Waals surface area contributed by atoms with Gasteiger partial charge in [0.2, 0.25) is 0 Å². The normalized spacial score (nSPS) is 11.1. The Hall–Kier alpha value is -1.59. The molecule has 4 nitrogen and oxygen atoms in total. The number of carbonyl (C=O) groups is 1. The number of rotatable bonds is 2. The number of amides is 1. The topological polar surface area (TPSA) is 58.4 Å². The van der Waals surface area contributed by atoms with Crippen LogP contribution in [-0.4, -0.2) is 25.0 Å². The summed E-state index contributed by atoms with van der Waals surface area (Å²) in [5, 5.41) is 2.57. The summed E-state index contributed by atoms with van der Waals surface area (Å²) in [7, 11) is 3.54. The van der Waals surface area contributed by atoms with E-state index in [0.29, 0.717) is 10.6 Å². The van der Waals surface area contributed by atoms with E-state index < -0.39 is 0 Å². The van der Waals surface area contributed by atoms with Gasteiger partial charge in [0, 0.05) is 24.2 Å². The van der Waals surface area contributed by atoms with Crippen molar-refractivity contribution in [2.45, 2.75) is 6.92 Å². The maximum Gasteiger partial charge on any atom is 0.277 e. The molecule has 2 aromatic rings. The molecule has 2 rings (SSSR count). The number of fused-ring (bicyclic) bond motifs is 1. The van der Waals surface area contributed by atoms with E-state index in [1.807, 2.05) is 25.1 Å². The van der Waals surface area contributed by atoms with Crippen molar-refractivity contribution in [3.05, 3.63) is 28.6 Å². The number of nitrogens with two attached hydrogens (primary N) is 1. The van der Waals surface area contributed by atoms with Crippen LogP contribution in [0.5, 0.6) is 0 Å². The summed E-state index contributed by atoms with van der Waals surface area (Å²) < 4.78 is 1.08. The third-order valence-corrected chi connectivity index (χ3v) is 3.84. The van der Waals surface area contributed by atoms with Crippen LogP contribution in [0.2, 0.25) is 0 Å². The highest BCUT2D eigenvalue weighted by Crippen LogP contribution is 2.35. The molecule has 0 atom stereocenters. The molecule has 0 fully saturated rings. The molecule has 0 spiro atoms. The zero-order chi connectivity index (χ0) is 12.6. The fraction of sp³-hybridized carbons (Fsp3) is 0.250. The summed E-state index contributed by atoms with van der Waals surface area (Å²) in [6.45, 7) is 2.02. The maximum absolute atomic E-state index is 11.9. The molecule has 0 radical (unpaired) electrons. The first-order chi connectivity index (χ1) is 8.00. The van der Waals surface area contributed by atoms with Crippen LogP contribution < -0.4 is 11.2 Å². The number of nitrogen functional groups attached to an aromatic ring is 1. The van der Waals surface area contributed by atoms with Crippen LogP contribution in [-0.2, 0) is 0 Å². The summed E-state index contributed by atoms with van der Waals surface area (Å²) in [6, 6.07) is 5.92. The molecule has 0 unspecified atom stereocenters. The number of hydrazine groups is 1. The Kier molecular flexibility index (Phi) is 3.04. The first kappa shape index (κ1) is 11.9. The molecular formula is C12H15N3OS. The summed E-state index contributed by atoms with van der Waals surface area (Å²) in [4.78, 5) is 12.5. The van der Waals surface area contributed by atoms with E-state index >= 15 is 0 Å². The molecule has 0 aliphatic rings. The highest BCUT2D eigenvalue weighted by Gasteiger charge is 2.17. The van der Waals surface area contributed by atoms with Gasteiger partial charge in [-0.3, -0.25) is 10.2 Å². The van der Waals surface area contributed by atoms with E-state index in [0.717, 1.165) is 15.6 Å². The molecule has 1 amide bonds. The van der Waals surface area contributed by atoms with Crippen LogP contribution in [0, 0.1) is 6.92 Å². The van der Waals surface area contributed by atoms with Gasteiger partial charge < -0.3 is 5.73 Å². The molecule has 0 saturated heterocycles. The molecule has 5 heteroatoms. The number of anilines is 1. The minimum atomic E-state index is -0.159. The minimum absolute atomic E-state index is 0.159. The van der Waals surface area contributed by atoms with Gasteiger partial charge in [-0.2, -0.15) is 0 Å². The first-order valence-electron chi connectivity index (χ1n) is 5.26. The number of thiophene rings is 1. The van der Waals surface area contributed by atoms with Crippen molar-refractivity contribution >= 4 is 33.0 Å². The van der Waals surface area contributed by atoms with Crippen molar-refractivity contribution in [2.75, 3.05) is 19.8 Å². The molecule has 0 bridgehead atoms. The lowest BCUT2D eigenvalue weighted by atomic mass is 10.1. The summed E-state index contributed by atoms with van der Waals surface area (Å²) in [6.07, 6.45) is 0. The van der Waals surface area contributed by atoms with E-state index in [4.69, 9.17) is 5.73 Å². The molecule has 0 saturated carbocycles. The molecule has 1 aromatic heterocycles. The van der Waals surface area contributed by atoms with Crippen molar-refractivity contribution in [1.82, 2.24) is 10.4 Å². The van der Waals surface area contributed by atoms with Crippen molar-refractivity contribution in [3.63, 3.8) is 0 Å². The van der Waals surface area contributed by atoms with Crippen LogP contribution in [0.15, 0.2) is 18.2 Å². The number of carbonyl (C=O) groups excluding carboxylic acids is 1. The minimum Gasteiger partial charge on any atom is -0.397 e. The van der Waals surface area contributed by atoms with Crippen LogP contribution >= 0.6 is 11.3 Å². The number of nitrogens with one attached hydrogen (secondary N) is 1. The maximum atomic E-state index is 11.9. The van der Waals surface area contributed by atoms with Crippen LogP contribution in [0.4, 0.5) is 5.69 Å². The van der Waals surface area contributed by atoms with Gasteiger partial charge in [-0.25, -0.2) is 5.01 Å². The second-order valence-electron chi connectivity index (χ2n) is 4.13. The highest BCUT2D eigenvalue weighted by molar-refractivity contribution is 7.21. The van der Waals surface area contributed by atoms with Crippen molar-refractivity contribution in [2.24, 2.45) is 0 Å². The Balaban J connectivity index is 2.52. The molecule has 17 heavy (non-hydrogen) atoms. The monoisotopic (exact) mass is 249 g/mol. The van der Waals surface area contributed by atoms with Crippen LogP contribution in [0.25, 0.3) is 10.1 Å². The number of hydrogen-bond donors (Lipinski definition) is 2. The van der Waals surface area contributed by atoms with Gasteiger partial charge in [0.15, 0.2) is 0 Å². The molecule has 1 heterocycles. The lowest BCUT2D eigenvalue weighted by molar-refractivity contribution is 0.0862. The van der Waals surface area contributed by atoms with Gasteiger partial charge in [-0.1, -0.05) is 18.2 Å². The van der Waals surface area contributed by atoms with E-state index in [1.54, 1.807) is 19.1 Å². The number of benzene rings is 1. The van der Waals surface area contributed by atoms with Crippen molar-refractivity contribution in [3.8, 4) is 0 Å². The van der Waals surface area contributed by atoms with E-state index in [-0.39, 0.29) is 5.91 Å². The average Bonchev–Trinajstić information content (AvgIpc) is 2.57. The summed E-state index contributed by atoms with van der Waals surface area (Å²) in [5.41, 5.74) is 10.4. The SMILES string of the molecule is Cc1cccc2c(N)c(C(=O)NN(C)C)sc12. The number of nitrogens with zero attached hydrogens (tertiary/aromatic N) is 1. The fourth-order valence-electron chi connectivity index (χ4n) is 1.70. The van der Waals surface area contributed by atoms with E-state index in [2.05, 4.69) is 5.43 Å². The van der Waals surface area contributed by atoms with Gasteiger partial charge in [0.05, 0.1) is 5.69 Å². The third kappa shape index (κ3) is 2.11. The van der Waals surface area contributed by atoms with E-state index in [9.17, 15) is 4.79 Å². The van der Waals surface area contributed by atoms with Gasteiger partial charge in [-0.15, -0.1) is 11.3 Å². The Morgan fingerprint density at radius 1 is 1.41 bits per heavy atom.